The maximum Gasteiger partial charge on any atom is 0.236 e. The molecule has 4 rings (SSSR count). The van der Waals surface area contributed by atoms with E-state index in [4.69, 9.17) is 4.74 Å². The highest BCUT2D eigenvalue weighted by atomic mass is 16.5. The summed E-state index contributed by atoms with van der Waals surface area (Å²) in [6, 6.07) is 8.49. The number of carbonyl (C=O) groups excluding carboxylic acids is 2. The van der Waals surface area contributed by atoms with Crippen molar-refractivity contribution in [1.29, 1.82) is 0 Å². The van der Waals surface area contributed by atoms with E-state index in [1.54, 1.807) is 0 Å². The number of benzene rings is 1. The molecule has 0 aliphatic carbocycles. The first-order chi connectivity index (χ1) is 13.6. The molecule has 6 heteroatoms. The van der Waals surface area contributed by atoms with E-state index in [9.17, 15) is 9.59 Å². The maximum absolute atomic E-state index is 13.4. The van der Waals surface area contributed by atoms with Crippen LogP contribution in [0.1, 0.15) is 42.9 Å². The average Bonchev–Trinajstić information content (AvgIpc) is 2.74. The summed E-state index contributed by atoms with van der Waals surface area (Å²) in [5, 5.41) is 3.13. The van der Waals surface area contributed by atoms with Crippen LogP contribution in [-0.2, 0) is 14.3 Å². The lowest BCUT2D eigenvalue weighted by Gasteiger charge is -2.43. The average molecular weight is 386 g/mol. The summed E-state index contributed by atoms with van der Waals surface area (Å²) in [7, 11) is 0. The van der Waals surface area contributed by atoms with Crippen molar-refractivity contribution < 1.29 is 14.3 Å². The van der Waals surface area contributed by atoms with Crippen molar-refractivity contribution in [3.05, 3.63) is 35.4 Å². The summed E-state index contributed by atoms with van der Waals surface area (Å²) in [6.45, 7) is 6.21. The molecule has 6 nitrogen and oxygen atoms in total. The number of nitrogens with zero attached hydrogens (tertiary/aromatic N) is 2. The highest BCUT2D eigenvalue weighted by Gasteiger charge is 2.38. The topological polar surface area (TPSA) is 61.9 Å². The van der Waals surface area contributed by atoms with E-state index in [1.165, 1.54) is 5.56 Å². The number of nitrogens with one attached hydrogen (secondary N) is 1. The van der Waals surface area contributed by atoms with Gasteiger partial charge >= 0.3 is 0 Å². The Morgan fingerprint density at radius 1 is 1.14 bits per heavy atom. The van der Waals surface area contributed by atoms with E-state index in [0.717, 1.165) is 50.9 Å². The summed E-state index contributed by atoms with van der Waals surface area (Å²) < 4.78 is 6.07. The molecule has 3 aliphatic rings. The van der Waals surface area contributed by atoms with Crippen LogP contribution in [-0.4, -0.2) is 67.0 Å². The number of aryl methyl sites for hydroxylation is 1. The predicted molar refractivity (Wildman–Crippen MR) is 107 cm³/mol. The van der Waals surface area contributed by atoms with Gasteiger partial charge in [-0.1, -0.05) is 29.8 Å². The molecule has 0 saturated carbocycles. The molecule has 3 saturated heterocycles. The third kappa shape index (κ3) is 4.08. The third-order valence-electron chi connectivity index (χ3n) is 6.32. The number of carbonyl (C=O) groups is 2. The Hall–Kier alpha value is -1.92. The first-order valence-corrected chi connectivity index (χ1v) is 10.6. The standard InChI is InChI=1S/C22H31N3O3/c1-16-6-8-17(9-7-16)21-19(5-3-13-28-21)22(27)24-11-2-4-18(15-24)25-12-10-23-14-20(25)26/h6-9,18-19,21,23H,2-5,10-15H2,1H3. The van der Waals surface area contributed by atoms with Crippen molar-refractivity contribution in [2.24, 2.45) is 5.92 Å². The summed E-state index contributed by atoms with van der Waals surface area (Å²) in [6.07, 6.45) is 3.56. The fraction of sp³-hybridized carbons (Fsp3) is 0.636. The van der Waals surface area contributed by atoms with Crippen LogP contribution in [0.5, 0.6) is 0 Å². The van der Waals surface area contributed by atoms with Gasteiger partial charge in [-0.25, -0.2) is 0 Å². The molecule has 0 aromatic heterocycles. The molecule has 0 radical (unpaired) electrons. The zero-order valence-electron chi connectivity index (χ0n) is 16.7. The monoisotopic (exact) mass is 385 g/mol. The minimum Gasteiger partial charge on any atom is -0.373 e. The Labute approximate surface area is 167 Å². The molecule has 1 aromatic carbocycles. The summed E-state index contributed by atoms with van der Waals surface area (Å²) >= 11 is 0. The zero-order valence-corrected chi connectivity index (χ0v) is 16.7. The molecular formula is C22H31N3O3. The summed E-state index contributed by atoms with van der Waals surface area (Å²) in [4.78, 5) is 29.7. The normalized spacial score (nSPS) is 29.0. The molecule has 152 valence electrons. The first kappa shape index (κ1) is 19.4. The van der Waals surface area contributed by atoms with Gasteiger partial charge in [0.15, 0.2) is 0 Å². The largest absolute Gasteiger partial charge is 0.373 e. The van der Waals surface area contributed by atoms with Gasteiger partial charge in [-0.05, 0) is 38.2 Å². The van der Waals surface area contributed by atoms with Crippen LogP contribution in [0.3, 0.4) is 0 Å². The number of piperidine rings is 1. The van der Waals surface area contributed by atoms with Gasteiger partial charge in [-0.15, -0.1) is 0 Å². The van der Waals surface area contributed by atoms with Crippen molar-refractivity contribution in [1.82, 2.24) is 15.1 Å². The number of hydrogen-bond acceptors (Lipinski definition) is 4. The quantitative estimate of drug-likeness (QED) is 0.863. The Morgan fingerprint density at radius 3 is 2.75 bits per heavy atom. The van der Waals surface area contributed by atoms with Crippen molar-refractivity contribution in [3.8, 4) is 0 Å². The smallest absolute Gasteiger partial charge is 0.236 e. The first-order valence-electron chi connectivity index (χ1n) is 10.6. The van der Waals surface area contributed by atoms with Crippen LogP contribution in [0.2, 0.25) is 0 Å². The van der Waals surface area contributed by atoms with E-state index >= 15 is 0 Å². The van der Waals surface area contributed by atoms with E-state index in [-0.39, 0.29) is 29.9 Å². The van der Waals surface area contributed by atoms with E-state index in [2.05, 4.69) is 36.5 Å². The number of piperazine rings is 1. The zero-order chi connectivity index (χ0) is 19.5. The second-order valence-electron chi connectivity index (χ2n) is 8.30. The van der Waals surface area contributed by atoms with E-state index < -0.39 is 0 Å². The maximum atomic E-state index is 13.4. The van der Waals surface area contributed by atoms with Gasteiger partial charge in [-0.3, -0.25) is 9.59 Å². The Kier molecular flexibility index (Phi) is 5.97. The molecule has 3 heterocycles. The van der Waals surface area contributed by atoms with Gasteiger partial charge in [0, 0.05) is 38.8 Å². The number of likely N-dealkylation sites (tertiary alicyclic amines) is 1. The second-order valence-corrected chi connectivity index (χ2v) is 8.30. The molecule has 3 unspecified atom stereocenters. The Morgan fingerprint density at radius 2 is 1.96 bits per heavy atom. The van der Waals surface area contributed by atoms with Gasteiger partial charge in [0.05, 0.1) is 18.6 Å². The highest BCUT2D eigenvalue weighted by molar-refractivity contribution is 5.81. The fourth-order valence-electron chi connectivity index (χ4n) is 4.77. The van der Waals surface area contributed by atoms with Gasteiger partial charge < -0.3 is 19.9 Å². The van der Waals surface area contributed by atoms with E-state index in [1.807, 2.05) is 9.80 Å². The minimum absolute atomic E-state index is 0.131. The van der Waals surface area contributed by atoms with Crippen molar-refractivity contribution >= 4 is 11.8 Å². The molecule has 3 atom stereocenters. The van der Waals surface area contributed by atoms with Crippen LogP contribution in [0, 0.1) is 12.8 Å². The highest BCUT2D eigenvalue weighted by Crippen LogP contribution is 2.35. The van der Waals surface area contributed by atoms with Crippen molar-refractivity contribution in [3.63, 3.8) is 0 Å². The lowest BCUT2D eigenvalue weighted by Crippen LogP contribution is -2.58. The Bertz CT molecular complexity index is 705. The number of rotatable bonds is 3. The number of hydrogen-bond donors (Lipinski definition) is 1. The van der Waals surface area contributed by atoms with Gasteiger partial charge in [0.1, 0.15) is 0 Å². The van der Waals surface area contributed by atoms with Crippen molar-refractivity contribution in [2.45, 2.75) is 44.8 Å². The molecular weight excluding hydrogens is 354 g/mol. The second kappa shape index (κ2) is 8.62. The molecule has 28 heavy (non-hydrogen) atoms. The molecule has 1 aromatic rings. The molecule has 0 bridgehead atoms. The summed E-state index contributed by atoms with van der Waals surface area (Å²) in [5.74, 6) is 0.218. The molecule has 2 amide bonds. The van der Waals surface area contributed by atoms with Gasteiger partial charge in [0.2, 0.25) is 11.8 Å². The third-order valence-corrected chi connectivity index (χ3v) is 6.32. The fourth-order valence-corrected chi connectivity index (χ4v) is 4.77. The van der Waals surface area contributed by atoms with Crippen molar-refractivity contribution in [2.75, 3.05) is 39.3 Å². The van der Waals surface area contributed by atoms with Crippen LogP contribution in [0.4, 0.5) is 0 Å². The molecule has 3 aliphatic heterocycles. The lowest BCUT2D eigenvalue weighted by atomic mass is 9.87. The molecule has 3 fully saturated rings. The minimum atomic E-state index is -0.164. The molecule has 0 spiro atoms. The number of ether oxygens (including phenoxy) is 1. The summed E-state index contributed by atoms with van der Waals surface area (Å²) in [5.41, 5.74) is 2.30. The van der Waals surface area contributed by atoms with E-state index in [0.29, 0.717) is 19.7 Å². The molecule has 1 N–H and O–H groups in total. The van der Waals surface area contributed by atoms with Crippen LogP contribution < -0.4 is 5.32 Å². The van der Waals surface area contributed by atoms with Gasteiger partial charge in [-0.2, -0.15) is 0 Å². The SMILES string of the molecule is Cc1ccc(C2OCCCC2C(=O)N2CCCC(N3CCNCC3=O)C2)cc1. The van der Waals surface area contributed by atoms with Crippen LogP contribution in [0.15, 0.2) is 24.3 Å². The lowest BCUT2D eigenvalue weighted by molar-refractivity contribution is -0.150. The van der Waals surface area contributed by atoms with Crippen LogP contribution >= 0.6 is 0 Å². The van der Waals surface area contributed by atoms with Crippen LogP contribution in [0.25, 0.3) is 0 Å². The Balaban J connectivity index is 1.47. The number of amides is 2. The predicted octanol–water partition coefficient (Wildman–Crippen LogP) is 1.89. The van der Waals surface area contributed by atoms with Gasteiger partial charge in [0.25, 0.3) is 0 Å².